The molecule has 1 amide bonds. The van der Waals surface area contributed by atoms with Crippen molar-refractivity contribution in [3.63, 3.8) is 0 Å². The number of carbonyl (C=O) groups excluding carboxylic acids is 1. The number of carbonyl (C=O) groups is 2. The van der Waals surface area contributed by atoms with E-state index in [0.717, 1.165) is 5.56 Å². The monoisotopic (exact) mass is 249 g/mol. The van der Waals surface area contributed by atoms with Crippen LogP contribution in [-0.4, -0.2) is 28.7 Å². The van der Waals surface area contributed by atoms with Crippen molar-refractivity contribution in [1.82, 2.24) is 0 Å². The zero-order valence-corrected chi connectivity index (χ0v) is 9.80. The van der Waals surface area contributed by atoms with Gasteiger partial charge < -0.3 is 15.5 Å². The van der Waals surface area contributed by atoms with Crippen LogP contribution >= 0.6 is 0 Å². The minimum Gasteiger partial charge on any atom is -0.481 e. The normalized spacial score (nSPS) is 21.4. The Kier molecular flexibility index (Phi) is 3.62. The molecule has 1 aliphatic rings. The third-order valence-corrected chi connectivity index (χ3v) is 3.07. The van der Waals surface area contributed by atoms with Gasteiger partial charge in [0.1, 0.15) is 0 Å². The highest BCUT2D eigenvalue weighted by Gasteiger charge is 2.48. The molecule has 0 heterocycles. The Bertz CT molecular complexity index is 455. The van der Waals surface area contributed by atoms with Gasteiger partial charge in [-0.2, -0.15) is 0 Å². The van der Waals surface area contributed by atoms with Crippen LogP contribution in [0.25, 0.3) is 0 Å². The van der Waals surface area contributed by atoms with Crippen LogP contribution in [0.2, 0.25) is 0 Å². The molecule has 1 aromatic rings. The van der Waals surface area contributed by atoms with E-state index in [4.69, 9.17) is 10.2 Å². The van der Waals surface area contributed by atoms with Crippen LogP contribution in [0.15, 0.2) is 24.3 Å². The molecule has 0 bridgehead atoms. The molecule has 0 radical (unpaired) electrons. The van der Waals surface area contributed by atoms with E-state index in [-0.39, 0.29) is 12.5 Å². The fraction of sp³-hybridized carbons (Fsp3) is 0.385. The molecule has 0 aromatic heterocycles. The summed E-state index contributed by atoms with van der Waals surface area (Å²) in [7, 11) is 0. The lowest BCUT2D eigenvalue weighted by molar-refractivity contribution is -0.139. The number of carboxylic acids is 1. The van der Waals surface area contributed by atoms with E-state index >= 15 is 0 Å². The Balaban J connectivity index is 1.90. The molecule has 3 N–H and O–H groups in total. The number of hydrogen-bond donors (Lipinski definition) is 3. The Labute approximate surface area is 104 Å². The molecule has 1 fully saturated rings. The summed E-state index contributed by atoms with van der Waals surface area (Å²) in [5, 5.41) is 20.2. The van der Waals surface area contributed by atoms with E-state index in [1.165, 1.54) is 0 Å². The molecular formula is C13H15NO4. The molecule has 0 saturated heterocycles. The van der Waals surface area contributed by atoms with Crippen LogP contribution < -0.4 is 5.32 Å². The zero-order chi connectivity index (χ0) is 13.1. The summed E-state index contributed by atoms with van der Waals surface area (Å²) in [6.45, 7) is 0.0913. The fourth-order valence-corrected chi connectivity index (χ4v) is 1.88. The molecule has 1 aliphatic carbocycles. The number of aliphatic hydroxyl groups excluding tert-OH is 1. The largest absolute Gasteiger partial charge is 0.481 e. The van der Waals surface area contributed by atoms with E-state index < -0.39 is 17.8 Å². The quantitative estimate of drug-likeness (QED) is 0.723. The maximum absolute atomic E-state index is 11.7. The number of hydrogen-bond acceptors (Lipinski definition) is 3. The standard InChI is InChI=1S/C13H15NO4/c15-6-5-8-1-3-9(4-2-8)14-12(16)10-7-11(10)13(17)18/h1-4,10-11,15H,5-7H2,(H,14,16)(H,17,18)/t10-,11+/m1/s1. The van der Waals surface area contributed by atoms with Gasteiger partial charge in [-0.05, 0) is 30.5 Å². The summed E-state index contributed by atoms with van der Waals surface area (Å²) in [4.78, 5) is 22.3. The highest BCUT2D eigenvalue weighted by molar-refractivity contribution is 5.98. The summed E-state index contributed by atoms with van der Waals surface area (Å²) in [5.74, 6) is -2.08. The molecule has 5 nitrogen and oxygen atoms in total. The van der Waals surface area contributed by atoms with Crippen molar-refractivity contribution in [3.8, 4) is 0 Å². The van der Waals surface area contributed by atoms with E-state index in [2.05, 4.69) is 5.32 Å². The first-order valence-electron chi connectivity index (χ1n) is 5.85. The van der Waals surface area contributed by atoms with E-state index in [1.54, 1.807) is 12.1 Å². The topological polar surface area (TPSA) is 86.6 Å². The van der Waals surface area contributed by atoms with Crippen molar-refractivity contribution >= 4 is 17.6 Å². The fourth-order valence-electron chi connectivity index (χ4n) is 1.88. The van der Waals surface area contributed by atoms with Crippen molar-refractivity contribution in [1.29, 1.82) is 0 Å². The van der Waals surface area contributed by atoms with Gasteiger partial charge in [-0.1, -0.05) is 12.1 Å². The zero-order valence-electron chi connectivity index (χ0n) is 9.80. The van der Waals surface area contributed by atoms with Gasteiger partial charge in [-0.15, -0.1) is 0 Å². The van der Waals surface area contributed by atoms with Gasteiger partial charge in [-0.25, -0.2) is 0 Å². The Hall–Kier alpha value is -1.88. The van der Waals surface area contributed by atoms with Gasteiger partial charge >= 0.3 is 5.97 Å². The molecule has 0 spiro atoms. The van der Waals surface area contributed by atoms with E-state index in [0.29, 0.717) is 18.5 Å². The highest BCUT2D eigenvalue weighted by Crippen LogP contribution is 2.39. The van der Waals surface area contributed by atoms with Gasteiger partial charge in [0.2, 0.25) is 5.91 Å². The molecule has 96 valence electrons. The Morgan fingerprint density at radius 2 is 1.89 bits per heavy atom. The summed E-state index contributed by atoms with van der Waals surface area (Å²) in [6, 6.07) is 7.16. The average molecular weight is 249 g/mol. The van der Waals surface area contributed by atoms with Crippen molar-refractivity contribution in [2.75, 3.05) is 11.9 Å². The van der Waals surface area contributed by atoms with Gasteiger partial charge in [0.25, 0.3) is 0 Å². The maximum atomic E-state index is 11.7. The number of aliphatic hydroxyl groups is 1. The molecule has 0 unspecified atom stereocenters. The lowest BCUT2D eigenvalue weighted by Crippen LogP contribution is -2.16. The van der Waals surface area contributed by atoms with E-state index in [9.17, 15) is 9.59 Å². The van der Waals surface area contributed by atoms with Crippen molar-refractivity contribution in [2.45, 2.75) is 12.8 Å². The Morgan fingerprint density at radius 3 is 2.39 bits per heavy atom. The van der Waals surface area contributed by atoms with E-state index in [1.807, 2.05) is 12.1 Å². The molecule has 5 heteroatoms. The van der Waals surface area contributed by atoms with Gasteiger partial charge in [-0.3, -0.25) is 9.59 Å². The maximum Gasteiger partial charge on any atom is 0.307 e. The second-order valence-corrected chi connectivity index (χ2v) is 4.45. The summed E-state index contributed by atoms with van der Waals surface area (Å²) in [6.07, 6.45) is 1.00. The number of amides is 1. The predicted molar refractivity (Wildman–Crippen MR) is 65.1 cm³/mol. The van der Waals surface area contributed by atoms with Crippen LogP contribution in [0.5, 0.6) is 0 Å². The molecule has 0 aliphatic heterocycles. The highest BCUT2D eigenvalue weighted by atomic mass is 16.4. The average Bonchev–Trinajstić information content (AvgIpc) is 3.12. The second-order valence-electron chi connectivity index (χ2n) is 4.45. The molecule has 1 aromatic carbocycles. The first kappa shape index (κ1) is 12.6. The van der Waals surface area contributed by atoms with Gasteiger partial charge in [0, 0.05) is 12.3 Å². The summed E-state index contributed by atoms with van der Waals surface area (Å²) < 4.78 is 0. The summed E-state index contributed by atoms with van der Waals surface area (Å²) in [5.41, 5.74) is 1.64. The minimum atomic E-state index is -0.909. The smallest absolute Gasteiger partial charge is 0.307 e. The van der Waals surface area contributed by atoms with Crippen molar-refractivity contribution in [3.05, 3.63) is 29.8 Å². The van der Waals surface area contributed by atoms with Gasteiger partial charge in [0.15, 0.2) is 0 Å². The third kappa shape index (κ3) is 2.87. The van der Waals surface area contributed by atoms with Crippen LogP contribution in [0.3, 0.4) is 0 Å². The molecule has 1 saturated carbocycles. The molecule has 2 atom stereocenters. The van der Waals surface area contributed by atoms with Gasteiger partial charge in [0.05, 0.1) is 11.8 Å². The van der Waals surface area contributed by atoms with Crippen LogP contribution in [0, 0.1) is 11.8 Å². The molecule has 2 rings (SSSR count). The summed E-state index contributed by atoms with van der Waals surface area (Å²) >= 11 is 0. The van der Waals surface area contributed by atoms with Crippen LogP contribution in [0.4, 0.5) is 5.69 Å². The van der Waals surface area contributed by atoms with Crippen LogP contribution in [0.1, 0.15) is 12.0 Å². The number of nitrogens with one attached hydrogen (secondary N) is 1. The van der Waals surface area contributed by atoms with Crippen molar-refractivity contribution < 1.29 is 19.8 Å². The number of benzene rings is 1. The lowest BCUT2D eigenvalue weighted by atomic mass is 10.1. The lowest BCUT2D eigenvalue weighted by Gasteiger charge is -2.05. The molecular weight excluding hydrogens is 234 g/mol. The second kappa shape index (κ2) is 5.18. The number of aliphatic carboxylic acids is 1. The molecule has 18 heavy (non-hydrogen) atoms. The predicted octanol–water partition coefficient (Wildman–Crippen LogP) is 0.881. The van der Waals surface area contributed by atoms with Crippen molar-refractivity contribution in [2.24, 2.45) is 11.8 Å². The number of rotatable bonds is 5. The number of anilines is 1. The first-order chi connectivity index (χ1) is 8.61. The van der Waals surface area contributed by atoms with Crippen LogP contribution in [-0.2, 0) is 16.0 Å². The Morgan fingerprint density at radius 1 is 1.22 bits per heavy atom. The first-order valence-corrected chi connectivity index (χ1v) is 5.85. The third-order valence-electron chi connectivity index (χ3n) is 3.07. The minimum absolute atomic E-state index is 0.0913. The SMILES string of the molecule is O=C(O)[C@H]1C[C@H]1C(=O)Nc1ccc(CCO)cc1. The number of carboxylic acid groups (broad SMARTS) is 1.